The van der Waals surface area contributed by atoms with Crippen LogP contribution in [0.5, 0.6) is 5.75 Å². The van der Waals surface area contributed by atoms with Gasteiger partial charge in [0, 0.05) is 47.7 Å². The molecule has 28 heteroatoms. The summed E-state index contributed by atoms with van der Waals surface area (Å²) in [6.07, 6.45) is 3.14. The third kappa shape index (κ3) is 16.6. The summed E-state index contributed by atoms with van der Waals surface area (Å²) < 4.78 is 43.8. The molecule has 0 amide bonds. The number of hydrogen-bond donors (Lipinski definition) is 4. The summed E-state index contributed by atoms with van der Waals surface area (Å²) in [6.45, 7) is 16.0. The molecule has 1 fully saturated rings. The number of thiol groups is 1. The molecule has 1 aliphatic rings. The number of aryl methyl sites for hydroxylation is 7. The summed E-state index contributed by atoms with van der Waals surface area (Å²) in [5, 5.41) is 35.0. The molecule has 0 spiro atoms. The zero-order valence-corrected chi connectivity index (χ0v) is 51.7. The van der Waals surface area contributed by atoms with Gasteiger partial charge in [0.2, 0.25) is 0 Å². The molecule has 4 aromatic heterocycles. The van der Waals surface area contributed by atoms with Gasteiger partial charge < -0.3 is 42.1 Å². The topological polar surface area (TPSA) is 275 Å². The number of aromatic hydroxyl groups is 1. The van der Waals surface area contributed by atoms with Crippen molar-refractivity contribution >= 4 is 138 Å². The summed E-state index contributed by atoms with van der Waals surface area (Å²) in [7, 11) is 9.59. The molecule has 5 aromatic carbocycles. The molecular weight excluding hydrogens is 1250 g/mol. The Morgan fingerprint density at radius 1 is 0.625 bits per heavy atom. The Morgan fingerprint density at radius 2 is 1.01 bits per heavy atom. The number of hydrogen-bond acceptors (Lipinski definition) is 17. The number of nitrogens with zero attached hydrogens (tertiary/aromatic N) is 6. The standard InChI is InChI=1S/C16H22BNO4.C10H10BrNO2.C10H11NO2.C8H6BrNO2.C6H4BrNO3.C2H7BO2.BHNS/c1-7-10-8-12-13(20-14(19)18(12)6)9-11(10)17-21-15(2,3)16(4,5)22-17;1-3-6-4-8-9(5-7(6)11)14-10(13)12(8)2;1-3-7-4-5-9-8(6-7)11(2)10(12)13-9;1-10-6-4-5(9)2-3-7(6)12-8(10)11;7-4-1-2-6(9)5(3-4)8(10)11;1-2-3(4)5;1-2-3/h8-9H,7H2,1-6H3;4-5H,3H2,1-2H3;4-6H,3H2,1-2H3;2-4H,1H3;1-3,9H;4-5H,2H2,1H3;3H. The van der Waals surface area contributed by atoms with E-state index in [1.54, 1.807) is 41.2 Å². The summed E-state index contributed by atoms with van der Waals surface area (Å²) in [4.78, 5) is 54.7. The van der Waals surface area contributed by atoms with Gasteiger partial charge >= 0.3 is 67.7 Å². The van der Waals surface area contributed by atoms with E-state index < -0.39 is 30.4 Å². The van der Waals surface area contributed by atoms with Crippen LogP contribution in [0.25, 0.3) is 44.4 Å². The molecule has 80 heavy (non-hydrogen) atoms. The van der Waals surface area contributed by atoms with Gasteiger partial charge in [-0.15, -0.1) is 0 Å². The number of aromatic nitrogens is 4. The van der Waals surface area contributed by atoms with Gasteiger partial charge in [-0.2, -0.15) is 0 Å². The second kappa shape index (κ2) is 29.1. The number of nitro groups is 1. The predicted octanol–water partition coefficient (Wildman–Crippen LogP) is 9.76. The van der Waals surface area contributed by atoms with Gasteiger partial charge in [0.1, 0.15) is 0 Å². The molecule has 21 nitrogen and oxygen atoms in total. The van der Waals surface area contributed by atoms with Crippen LogP contribution < -0.4 is 28.5 Å². The minimum absolute atomic E-state index is 0.292. The molecular formula is C52H61B3Br3N6O15S. The fourth-order valence-electron chi connectivity index (χ4n) is 7.33. The van der Waals surface area contributed by atoms with Crippen LogP contribution in [0.2, 0.25) is 6.32 Å². The van der Waals surface area contributed by atoms with E-state index in [1.165, 1.54) is 47.6 Å². The van der Waals surface area contributed by atoms with Gasteiger partial charge in [-0.3, -0.25) is 28.4 Å². The number of rotatable bonds is 6. The second-order valence-electron chi connectivity index (χ2n) is 18.6. The van der Waals surface area contributed by atoms with Gasteiger partial charge in [-0.25, -0.2) is 19.2 Å². The number of phenolic OH excluding ortho intramolecular Hbond substituents is 1. The van der Waals surface area contributed by atoms with Gasteiger partial charge in [-0.1, -0.05) is 81.6 Å². The van der Waals surface area contributed by atoms with E-state index in [-0.39, 0.29) is 34.5 Å². The molecule has 9 aromatic rings. The van der Waals surface area contributed by atoms with Crippen LogP contribution in [-0.4, -0.2) is 71.4 Å². The SMILES string of the molecule is CCB(O)O.CCc1cc2c(cc1B1OC(C)(C)C(C)(C)O1)oc(=O)n2C.CCc1cc2c(cc1Br)oc(=O)n2C.CCc1ccc2oc(=O)n(C)c2c1.Cn1c(=O)oc2ccc(Br)cc21.O=[N+]([O-])c1cc(Br)ccc1O.[B]=NS. The van der Waals surface area contributed by atoms with Crippen molar-refractivity contribution in [2.24, 2.45) is 32.5 Å². The van der Waals surface area contributed by atoms with Gasteiger partial charge in [0.15, 0.2) is 28.1 Å². The molecule has 1 saturated heterocycles. The maximum atomic E-state index is 11.7. The first-order chi connectivity index (χ1) is 37.5. The molecule has 10 rings (SSSR count). The average Bonchev–Trinajstić information content (AvgIpc) is 4.12. The summed E-state index contributed by atoms with van der Waals surface area (Å²) in [5.41, 5.74) is 9.11. The Hall–Kier alpha value is -6.00. The third-order valence-corrected chi connectivity index (χ3v) is 14.5. The number of benzene rings is 5. The molecule has 5 heterocycles. The first-order valence-electron chi connectivity index (χ1n) is 24.6. The molecule has 3 N–H and O–H groups in total. The van der Waals surface area contributed by atoms with Crippen molar-refractivity contribution in [1.29, 1.82) is 0 Å². The summed E-state index contributed by atoms with van der Waals surface area (Å²) >= 11 is 13.0. The van der Waals surface area contributed by atoms with Crippen LogP contribution in [0.1, 0.15) is 72.1 Å². The van der Waals surface area contributed by atoms with E-state index in [1.807, 2.05) is 82.3 Å². The van der Waals surface area contributed by atoms with Crippen LogP contribution in [0.4, 0.5) is 5.69 Å². The van der Waals surface area contributed by atoms with Crippen molar-refractivity contribution in [3.8, 4) is 5.75 Å². The second-order valence-corrected chi connectivity index (χ2v) is 21.5. The average molecular weight is 1310 g/mol. The molecule has 1 radical (unpaired) electrons. The number of halogens is 3. The van der Waals surface area contributed by atoms with Crippen molar-refractivity contribution in [3.63, 3.8) is 0 Å². The number of fused-ring (bicyclic) bond motifs is 4. The van der Waals surface area contributed by atoms with E-state index in [4.69, 9.17) is 42.1 Å². The van der Waals surface area contributed by atoms with Crippen molar-refractivity contribution in [3.05, 3.63) is 161 Å². The Bertz CT molecular complexity index is 3850. The molecule has 0 aliphatic carbocycles. The summed E-state index contributed by atoms with van der Waals surface area (Å²) in [5.74, 6) is -1.63. The predicted molar refractivity (Wildman–Crippen MR) is 325 cm³/mol. The van der Waals surface area contributed by atoms with Crippen LogP contribution >= 0.6 is 60.6 Å². The quantitative estimate of drug-likeness (QED) is 0.0522. The fraction of sp³-hybridized carbons (Fsp3) is 0.346. The third-order valence-electron chi connectivity index (χ3n) is 12.8. The van der Waals surface area contributed by atoms with Crippen molar-refractivity contribution in [2.75, 3.05) is 0 Å². The van der Waals surface area contributed by atoms with Crippen LogP contribution in [0.3, 0.4) is 0 Å². The number of oxazole rings is 4. The molecule has 1 aliphatic heterocycles. The van der Waals surface area contributed by atoms with Gasteiger partial charge in [0.05, 0.1) is 38.2 Å². The minimum atomic E-state index is -1.12. The van der Waals surface area contributed by atoms with Crippen molar-refractivity contribution in [1.82, 2.24) is 18.3 Å². The first-order valence-corrected chi connectivity index (χ1v) is 27.4. The van der Waals surface area contributed by atoms with Crippen LogP contribution in [-0.2, 0) is 56.8 Å². The van der Waals surface area contributed by atoms with E-state index >= 15 is 0 Å². The molecule has 425 valence electrons. The van der Waals surface area contributed by atoms with E-state index in [0.717, 1.165) is 61.3 Å². The fourth-order valence-corrected chi connectivity index (χ4v) is 8.63. The zero-order valence-electron chi connectivity index (χ0n) is 46.1. The first kappa shape index (κ1) is 66.5. The van der Waals surface area contributed by atoms with Crippen molar-refractivity contribution < 1.29 is 47.1 Å². The molecule has 0 atom stereocenters. The number of nitro benzene ring substituents is 1. The van der Waals surface area contributed by atoms with E-state index in [9.17, 15) is 29.3 Å². The van der Waals surface area contributed by atoms with Gasteiger partial charge in [0.25, 0.3) is 0 Å². The molecule has 0 bridgehead atoms. The monoisotopic (exact) mass is 1310 g/mol. The Labute approximate surface area is 492 Å². The Balaban J connectivity index is 0.000000212. The summed E-state index contributed by atoms with van der Waals surface area (Å²) in [6, 6.07) is 23.0. The Morgan fingerprint density at radius 3 is 1.44 bits per heavy atom. The van der Waals surface area contributed by atoms with E-state index in [0.29, 0.717) is 33.1 Å². The molecule has 0 unspecified atom stereocenters. The zero-order chi connectivity index (χ0) is 60.1. The maximum absolute atomic E-state index is 11.7. The number of phenols is 1. The van der Waals surface area contributed by atoms with Crippen molar-refractivity contribution in [2.45, 2.75) is 92.2 Å². The molecule has 0 saturated carbocycles. The van der Waals surface area contributed by atoms with Gasteiger partial charge in [-0.05, 0) is 142 Å². The normalized spacial score (nSPS) is 12.8. The van der Waals surface area contributed by atoms with E-state index in [2.05, 4.69) is 93.3 Å². The van der Waals surface area contributed by atoms with Crippen LogP contribution in [0, 0.1) is 10.1 Å². The van der Waals surface area contributed by atoms with Crippen LogP contribution in [0.15, 0.2) is 133 Å². The Kier molecular flexibility index (Phi) is 24.2.